The zero-order valence-electron chi connectivity index (χ0n) is 33.1. The summed E-state index contributed by atoms with van der Waals surface area (Å²) in [5.41, 5.74) is 4.93. The monoisotopic (exact) mass is 765 g/mol. The molecule has 4 amide bonds. The number of aryl methyl sites for hydroxylation is 2. The van der Waals surface area contributed by atoms with Crippen molar-refractivity contribution < 1.29 is 16.8 Å². The van der Waals surface area contributed by atoms with E-state index in [4.69, 9.17) is 0 Å². The lowest BCUT2D eigenvalue weighted by Crippen LogP contribution is -2.63. The summed E-state index contributed by atoms with van der Waals surface area (Å²) in [6.07, 6.45) is 18.0. The van der Waals surface area contributed by atoms with Crippen molar-refractivity contribution in [2.45, 2.75) is 98.2 Å². The summed E-state index contributed by atoms with van der Waals surface area (Å²) in [7, 11) is 1.66. The van der Waals surface area contributed by atoms with Gasteiger partial charge in [-0.2, -0.15) is 5.10 Å². The van der Waals surface area contributed by atoms with Crippen molar-refractivity contribution >= 4 is 23.4 Å². The Hall–Kier alpha value is -5.92. The van der Waals surface area contributed by atoms with Crippen LogP contribution in [0.2, 0.25) is 0 Å². The van der Waals surface area contributed by atoms with E-state index in [2.05, 4.69) is 52.7 Å². The van der Waals surface area contributed by atoms with Crippen LogP contribution in [0.4, 0.5) is 25.4 Å². The van der Waals surface area contributed by atoms with E-state index in [1.54, 1.807) is 50.0 Å². The zero-order valence-corrected chi connectivity index (χ0v) is 33.1. The van der Waals surface area contributed by atoms with Crippen LogP contribution >= 0.6 is 0 Å². The second-order valence-electron chi connectivity index (χ2n) is 14.1. The molecular formula is C42H56FN11O2. The van der Waals surface area contributed by atoms with Crippen LogP contribution in [0.25, 0.3) is 22.8 Å². The molecule has 2 bridgehead atoms. The summed E-state index contributed by atoms with van der Waals surface area (Å²) < 4.78 is 13.0. The van der Waals surface area contributed by atoms with E-state index in [9.17, 15) is 14.0 Å². The van der Waals surface area contributed by atoms with Gasteiger partial charge in [0, 0.05) is 63.1 Å². The molecule has 14 heteroatoms. The van der Waals surface area contributed by atoms with Crippen molar-refractivity contribution in [2.24, 2.45) is 5.92 Å². The van der Waals surface area contributed by atoms with Crippen LogP contribution in [-0.2, 0) is 6.54 Å². The van der Waals surface area contributed by atoms with E-state index in [0.29, 0.717) is 35.2 Å². The number of nitrogens with one attached hydrogen (secondary N) is 2. The summed E-state index contributed by atoms with van der Waals surface area (Å²) in [6.45, 7) is 10.5. The lowest BCUT2D eigenvalue weighted by Gasteiger charge is -2.54. The Balaban J connectivity index is 0.000000264. The van der Waals surface area contributed by atoms with E-state index in [1.165, 1.54) is 30.6 Å². The minimum Gasteiger partial charge on any atom is -0.320 e. The maximum Gasteiger partial charge on any atom is 0.322 e. The number of urea groups is 2. The fourth-order valence-corrected chi connectivity index (χ4v) is 6.53. The Bertz CT molecular complexity index is 2010. The fraction of sp³-hybridized carbons (Fsp3) is 0.405. The molecule has 8 rings (SSSR count). The van der Waals surface area contributed by atoms with Gasteiger partial charge in [-0.25, -0.2) is 38.9 Å². The minimum absolute atomic E-state index is 0. The highest BCUT2D eigenvalue weighted by molar-refractivity contribution is 5.91. The number of hydrogen-bond donors (Lipinski definition) is 2. The molecule has 56 heavy (non-hydrogen) atoms. The lowest BCUT2D eigenvalue weighted by atomic mass is 9.74. The number of rotatable bonds is 6. The molecule has 1 aliphatic carbocycles. The minimum atomic E-state index is -0.499. The van der Waals surface area contributed by atoms with Crippen LogP contribution in [0.3, 0.4) is 0 Å². The first-order valence-electron chi connectivity index (χ1n) is 19.3. The summed E-state index contributed by atoms with van der Waals surface area (Å²) in [4.78, 5) is 48.9. The van der Waals surface area contributed by atoms with Crippen molar-refractivity contribution in [2.75, 3.05) is 17.7 Å². The van der Waals surface area contributed by atoms with Gasteiger partial charge >= 0.3 is 12.1 Å². The van der Waals surface area contributed by atoms with Crippen molar-refractivity contribution in [1.29, 1.82) is 0 Å². The molecule has 2 N–H and O–H groups in total. The molecule has 0 radical (unpaired) electrons. The van der Waals surface area contributed by atoms with E-state index in [1.807, 2.05) is 56.9 Å². The Labute approximate surface area is 331 Å². The molecule has 2 unspecified atom stereocenters. The van der Waals surface area contributed by atoms with Crippen molar-refractivity contribution in [3.8, 4) is 22.8 Å². The molecule has 2 atom stereocenters. The zero-order chi connectivity index (χ0) is 40.0. The van der Waals surface area contributed by atoms with E-state index in [-0.39, 0.29) is 21.5 Å². The molecule has 5 heterocycles. The number of piperidine rings is 1. The van der Waals surface area contributed by atoms with Crippen LogP contribution in [0, 0.1) is 25.6 Å². The first-order valence-corrected chi connectivity index (χ1v) is 19.3. The first kappa shape index (κ1) is 41.2. The quantitative estimate of drug-likeness (QED) is 0.172. The predicted octanol–water partition coefficient (Wildman–Crippen LogP) is 9.38. The van der Waals surface area contributed by atoms with Gasteiger partial charge in [0.15, 0.2) is 17.5 Å². The maximum atomic E-state index is 13.0. The molecule has 13 nitrogen and oxygen atoms in total. The van der Waals surface area contributed by atoms with Gasteiger partial charge in [-0.1, -0.05) is 58.6 Å². The van der Waals surface area contributed by atoms with Gasteiger partial charge in [0.1, 0.15) is 5.82 Å². The highest BCUT2D eigenvalue weighted by Gasteiger charge is 2.46. The lowest BCUT2D eigenvalue weighted by molar-refractivity contribution is -0.00601. The maximum absolute atomic E-state index is 13.0. The Morgan fingerprint density at radius 3 is 1.91 bits per heavy atom. The second kappa shape index (κ2) is 20.1. The number of fused-ring (bicyclic) bond motifs is 2. The van der Waals surface area contributed by atoms with Gasteiger partial charge in [0.25, 0.3) is 0 Å². The van der Waals surface area contributed by atoms with E-state index in [0.717, 1.165) is 65.5 Å². The average Bonchev–Trinajstić information content (AvgIpc) is 3.17. The third-order valence-electron chi connectivity index (χ3n) is 9.82. The normalized spacial score (nSPS) is 17.4. The largest absolute Gasteiger partial charge is 0.322 e. The summed E-state index contributed by atoms with van der Waals surface area (Å²) in [5.74, 6) is 1.74. The SMILES string of the molecule is C1CCC1.CC.Cc1ccc(NC(=O)N(C)Cc2ncccn2)cc1-c1ncc(F)cn1.Cc1ccc(NC(=O)N2C3CC(C)CC2C3)cc1-c1nccnn1.[HH].[HH]. The number of anilines is 2. The summed E-state index contributed by atoms with van der Waals surface area (Å²) in [6, 6.07) is 13.4. The van der Waals surface area contributed by atoms with Gasteiger partial charge < -0.3 is 20.4 Å². The number of carbonyl (C=O) groups excluding carboxylic acids is 2. The molecule has 3 aromatic heterocycles. The standard InChI is InChI=1S/C18H17FN6O.C18H21N5O.C4H8.C2H6.2H2/c1-12-4-5-14(8-15(12)17-22-9-13(19)10-23-17)24-18(26)25(2)11-16-20-6-3-7-21-16;1-11-7-14-10-15(8-11)23(14)18(24)21-13-4-3-12(2)16(9-13)17-19-5-6-20-22-17;1-2-4-3-1;1-2;;/h3-10H,11H2,1-2H3,(H,24,26);3-6,9,11,14-15H,7-8,10H2,1-2H3,(H,21,24);1-4H2;1-2H3;2*1H. The number of amides is 4. The number of nitrogens with zero attached hydrogens (tertiary/aromatic N) is 9. The molecule has 3 fully saturated rings. The Morgan fingerprint density at radius 1 is 0.786 bits per heavy atom. The topological polar surface area (TPSA) is 155 Å². The van der Waals surface area contributed by atoms with Crippen LogP contribution < -0.4 is 10.6 Å². The third kappa shape index (κ3) is 11.1. The van der Waals surface area contributed by atoms with Gasteiger partial charge in [0.05, 0.1) is 25.1 Å². The number of halogens is 1. The third-order valence-corrected chi connectivity index (χ3v) is 9.82. The van der Waals surface area contributed by atoms with Crippen LogP contribution in [0.1, 0.15) is 85.5 Å². The molecule has 1 saturated carbocycles. The van der Waals surface area contributed by atoms with Crippen molar-refractivity contribution in [3.63, 3.8) is 0 Å². The highest BCUT2D eigenvalue weighted by atomic mass is 19.1. The van der Waals surface area contributed by atoms with Crippen molar-refractivity contribution in [3.05, 3.63) is 102 Å². The van der Waals surface area contributed by atoms with Gasteiger partial charge in [-0.05, 0) is 80.5 Å². The highest BCUT2D eigenvalue weighted by Crippen LogP contribution is 2.41. The first-order chi connectivity index (χ1) is 27.1. The Kier molecular flexibility index (Phi) is 14.8. The molecule has 298 valence electrons. The molecular weight excluding hydrogens is 710 g/mol. The van der Waals surface area contributed by atoms with E-state index >= 15 is 0 Å². The molecule has 0 spiro atoms. The number of carbonyl (C=O) groups is 2. The van der Waals surface area contributed by atoms with Gasteiger partial charge in [0.2, 0.25) is 0 Å². The number of aromatic nitrogens is 7. The van der Waals surface area contributed by atoms with Gasteiger partial charge in [-0.3, -0.25) is 0 Å². The second-order valence-corrected chi connectivity index (χ2v) is 14.1. The molecule has 2 aromatic carbocycles. The molecule has 2 saturated heterocycles. The van der Waals surface area contributed by atoms with Crippen LogP contribution in [0.5, 0.6) is 0 Å². The average molecular weight is 766 g/mol. The van der Waals surface area contributed by atoms with E-state index < -0.39 is 5.82 Å². The molecule has 2 aliphatic heterocycles. The molecule has 5 aromatic rings. The smallest absolute Gasteiger partial charge is 0.320 e. The Morgan fingerprint density at radius 2 is 1.36 bits per heavy atom. The molecule has 3 aliphatic rings. The predicted molar refractivity (Wildman–Crippen MR) is 220 cm³/mol. The van der Waals surface area contributed by atoms with Gasteiger partial charge in [-0.15, -0.1) is 5.10 Å². The fourth-order valence-electron chi connectivity index (χ4n) is 6.53. The van der Waals surface area contributed by atoms with Crippen LogP contribution in [-0.4, -0.2) is 76.1 Å². The summed E-state index contributed by atoms with van der Waals surface area (Å²) in [5, 5.41) is 13.8. The number of benzene rings is 2. The van der Waals surface area contributed by atoms with Crippen LogP contribution in [0.15, 0.2) is 79.6 Å². The summed E-state index contributed by atoms with van der Waals surface area (Å²) >= 11 is 0. The van der Waals surface area contributed by atoms with Crippen molar-refractivity contribution in [1.82, 2.24) is 44.9 Å². The number of hydrogen-bond acceptors (Lipinski definition) is 9.